The summed E-state index contributed by atoms with van der Waals surface area (Å²) in [4.78, 5) is 3.37. The monoisotopic (exact) mass is 303 g/mol. The van der Waals surface area contributed by atoms with Crippen LogP contribution in [0.15, 0.2) is 17.2 Å². The highest BCUT2D eigenvalue weighted by Gasteiger charge is 2.32. The highest BCUT2D eigenvalue weighted by Crippen LogP contribution is 2.28. The van der Waals surface area contributed by atoms with Crippen LogP contribution in [-0.4, -0.2) is 48.3 Å². The van der Waals surface area contributed by atoms with Crippen LogP contribution in [0.2, 0.25) is 0 Å². The Labute approximate surface area is 119 Å². The van der Waals surface area contributed by atoms with E-state index in [-0.39, 0.29) is 0 Å². The number of rotatable bonds is 4. The van der Waals surface area contributed by atoms with Crippen LogP contribution in [0.3, 0.4) is 0 Å². The summed E-state index contributed by atoms with van der Waals surface area (Å²) in [6.45, 7) is 5.96. The van der Waals surface area contributed by atoms with E-state index in [0.717, 1.165) is 5.69 Å². The van der Waals surface area contributed by atoms with E-state index in [1.54, 1.807) is 16.6 Å². The molecule has 5 nitrogen and oxygen atoms in total. The first-order chi connectivity index (χ1) is 8.93. The topological polar surface area (TPSA) is 65.2 Å². The van der Waals surface area contributed by atoms with Crippen molar-refractivity contribution >= 4 is 21.8 Å². The molecule has 0 radical (unpaired) electrons. The Morgan fingerprint density at radius 1 is 1.42 bits per heavy atom. The lowest BCUT2D eigenvalue weighted by Gasteiger charge is -2.33. The Morgan fingerprint density at radius 2 is 2.05 bits per heavy atom. The zero-order chi connectivity index (χ0) is 14.0. The quantitative estimate of drug-likeness (QED) is 0.878. The largest absolute Gasteiger partial charge is 0.363 e. The molecule has 19 heavy (non-hydrogen) atoms. The molecule has 1 aromatic rings. The molecular formula is C12H21N3O2S2. The minimum atomic E-state index is -3.36. The number of sulfonamides is 1. The van der Waals surface area contributed by atoms with E-state index >= 15 is 0 Å². The number of H-pyrrole nitrogens is 1. The summed E-state index contributed by atoms with van der Waals surface area (Å²) in [5.74, 6) is 0. The lowest BCUT2D eigenvalue weighted by molar-refractivity contribution is 0.405. The highest BCUT2D eigenvalue weighted by molar-refractivity contribution is 8.00. The summed E-state index contributed by atoms with van der Waals surface area (Å²) >= 11 is 1.85. The summed E-state index contributed by atoms with van der Waals surface area (Å²) in [7, 11) is -1.53. The van der Waals surface area contributed by atoms with E-state index in [1.807, 2.05) is 18.8 Å². The van der Waals surface area contributed by atoms with Crippen LogP contribution >= 0.6 is 11.8 Å². The van der Waals surface area contributed by atoms with Gasteiger partial charge < -0.3 is 10.3 Å². The molecule has 0 aromatic carbocycles. The van der Waals surface area contributed by atoms with Crippen LogP contribution in [-0.2, 0) is 16.6 Å². The van der Waals surface area contributed by atoms with Crippen molar-refractivity contribution in [2.24, 2.45) is 0 Å². The molecular weight excluding hydrogens is 282 g/mol. The number of nitrogens with zero attached hydrogens (tertiary/aromatic N) is 1. The standard InChI is InChI=1S/C12H21N3O2S2/c1-9-7-15(8-10(2)18-9)19(16,17)12-4-11(5-13-3)14-6-12/h4,6,9-10,13-14H,5,7-8H2,1-3H3. The van der Waals surface area contributed by atoms with Crippen molar-refractivity contribution in [3.63, 3.8) is 0 Å². The van der Waals surface area contributed by atoms with E-state index < -0.39 is 10.0 Å². The molecule has 2 atom stereocenters. The highest BCUT2D eigenvalue weighted by atomic mass is 32.2. The lowest BCUT2D eigenvalue weighted by atomic mass is 10.4. The van der Waals surface area contributed by atoms with Crippen LogP contribution < -0.4 is 5.32 Å². The minimum absolute atomic E-state index is 0.342. The van der Waals surface area contributed by atoms with E-state index in [1.165, 1.54) is 0 Å². The van der Waals surface area contributed by atoms with Crippen molar-refractivity contribution in [3.8, 4) is 0 Å². The van der Waals surface area contributed by atoms with Gasteiger partial charge in [-0.25, -0.2) is 8.42 Å². The van der Waals surface area contributed by atoms with Crippen molar-refractivity contribution in [1.82, 2.24) is 14.6 Å². The molecule has 2 N–H and O–H groups in total. The van der Waals surface area contributed by atoms with E-state index in [9.17, 15) is 8.42 Å². The summed E-state index contributed by atoms with van der Waals surface area (Å²) in [5, 5.41) is 3.68. The van der Waals surface area contributed by atoms with Gasteiger partial charge in [0, 0.05) is 42.0 Å². The predicted octanol–water partition coefficient (Wildman–Crippen LogP) is 1.25. The van der Waals surface area contributed by atoms with Crippen molar-refractivity contribution in [3.05, 3.63) is 18.0 Å². The van der Waals surface area contributed by atoms with Crippen molar-refractivity contribution < 1.29 is 8.42 Å². The molecule has 0 spiro atoms. The first-order valence-corrected chi connectivity index (χ1v) is 8.79. The van der Waals surface area contributed by atoms with E-state index in [4.69, 9.17) is 0 Å². The molecule has 108 valence electrons. The Kier molecular flexibility index (Phi) is 4.60. The third-order valence-corrected chi connectivity index (χ3v) is 6.14. The van der Waals surface area contributed by atoms with E-state index in [0.29, 0.717) is 35.0 Å². The molecule has 2 rings (SSSR count). The first kappa shape index (κ1) is 14.9. The molecule has 2 unspecified atom stereocenters. The number of aromatic amines is 1. The Balaban J connectivity index is 2.20. The normalized spacial score (nSPS) is 25.6. The van der Waals surface area contributed by atoms with Crippen molar-refractivity contribution in [2.75, 3.05) is 20.1 Å². The molecule has 7 heteroatoms. The van der Waals surface area contributed by atoms with Gasteiger partial charge in [-0.05, 0) is 13.1 Å². The van der Waals surface area contributed by atoms with Gasteiger partial charge in [0.25, 0.3) is 0 Å². The van der Waals surface area contributed by atoms with Gasteiger partial charge in [-0.3, -0.25) is 0 Å². The third kappa shape index (κ3) is 3.34. The second-order valence-electron chi connectivity index (χ2n) is 4.97. The Morgan fingerprint density at radius 3 is 2.63 bits per heavy atom. The summed E-state index contributed by atoms with van der Waals surface area (Å²) < 4.78 is 26.7. The van der Waals surface area contributed by atoms with E-state index in [2.05, 4.69) is 24.1 Å². The molecule has 0 saturated carbocycles. The van der Waals surface area contributed by atoms with Crippen LogP contribution in [0.1, 0.15) is 19.5 Å². The molecule has 1 aliphatic heterocycles. The van der Waals surface area contributed by atoms with Gasteiger partial charge in [0.2, 0.25) is 10.0 Å². The molecule has 1 fully saturated rings. The van der Waals surface area contributed by atoms with Crippen LogP contribution in [0, 0.1) is 0 Å². The molecule has 1 aliphatic rings. The average Bonchev–Trinajstić information content (AvgIpc) is 2.77. The SMILES string of the molecule is CNCc1cc(S(=O)(=O)N2CC(C)SC(C)C2)c[nH]1. The zero-order valence-corrected chi connectivity index (χ0v) is 13.1. The Bertz CT molecular complexity index is 517. The molecule has 0 amide bonds. The summed E-state index contributed by atoms with van der Waals surface area (Å²) in [5.41, 5.74) is 0.883. The number of hydrogen-bond acceptors (Lipinski definition) is 4. The Hall–Kier alpha value is -0.500. The van der Waals surface area contributed by atoms with Crippen molar-refractivity contribution in [1.29, 1.82) is 0 Å². The van der Waals surface area contributed by atoms with Gasteiger partial charge in [0.1, 0.15) is 0 Å². The van der Waals surface area contributed by atoms with Gasteiger partial charge in [-0.2, -0.15) is 16.1 Å². The fourth-order valence-corrected chi connectivity index (χ4v) is 5.49. The second-order valence-corrected chi connectivity index (χ2v) is 8.79. The average molecular weight is 303 g/mol. The maximum absolute atomic E-state index is 12.6. The predicted molar refractivity (Wildman–Crippen MR) is 78.8 cm³/mol. The van der Waals surface area contributed by atoms with Gasteiger partial charge in [-0.15, -0.1) is 0 Å². The fourth-order valence-electron chi connectivity index (χ4n) is 2.34. The third-order valence-electron chi connectivity index (χ3n) is 3.11. The maximum atomic E-state index is 12.6. The lowest BCUT2D eigenvalue weighted by Crippen LogP contribution is -2.43. The van der Waals surface area contributed by atoms with Gasteiger partial charge in [-0.1, -0.05) is 13.8 Å². The fraction of sp³-hybridized carbons (Fsp3) is 0.667. The van der Waals surface area contributed by atoms with Gasteiger partial charge in [0.15, 0.2) is 0 Å². The first-order valence-electron chi connectivity index (χ1n) is 6.41. The molecule has 0 aliphatic carbocycles. The van der Waals surface area contributed by atoms with Crippen molar-refractivity contribution in [2.45, 2.75) is 35.8 Å². The molecule has 2 heterocycles. The number of hydrogen-bond donors (Lipinski definition) is 2. The number of thioether (sulfide) groups is 1. The van der Waals surface area contributed by atoms with Gasteiger partial charge in [0.05, 0.1) is 4.90 Å². The van der Waals surface area contributed by atoms with Crippen LogP contribution in [0.5, 0.6) is 0 Å². The minimum Gasteiger partial charge on any atom is -0.363 e. The number of nitrogens with one attached hydrogen (secondary N) is 2. The van der Waals surface area contributed by atoms with Gasteiger partial charge >= 0.3 is 0 Å². The maximum Gasteiger partial charge on any atom is 0.244 e. The number of aromatic nitrogens is 1. The zero-order valence-electron chi connectivity index (χ0n) is 11.5. The summed E-state index contributed by atoms with van der Waals surface area (Å²) in [6, 6.07) is 1.71. The summed E-state index contributed by atoms with van der Waals surface area (Å²) in [6.07, 6.45) is 1.58. The molecule has 1 aromatic heterocycles. The molecule has 0 bridgehead atoms. The second kappa shape index (κ2) is 5.87. The van der Waals surface area contributed by atoms with Crippen LogP contribution in [0.25, 0.3) is 0 Å². The van der Waals surface area contributed by atoms with Crippen LogP contribution in [0.4, 0.5) is 0 Å². The smallest absolute Gasteiger partial charge is 0.244 e. The molecule has 1 saturated heterocycles.